The Labute approximate surface area is 80.5 Å². The van der Waals surface area contributed by atoms with Crippen LogP contribution in [0, 0.1) is 11.3 Å². The summed E-state index contributed by atoms with van der Waals surface area (Å²) in [7, 11) is 0. The van der Waals surface area contributed by atoms with E-state index in [-0.39, 0.29) is 17.1 Å². The van der Waals surface area contributed by atoms with Gasteiger partial charge >= 0.3 is 0 Å². The fourth-order valence-electron chi connectivity index (χ4n) is 1.84. The summed E-state index contributed by atoms with van der Waals surface area (Å²) in [6.45, 7) is 10.2. The minimum atomic E-state index is 0.164. The van der Waals surface area contributed by atoms with Crippen molar-refractivity contribution in [1.29, 1.82) is 0 Å². The van der Waals surface area contributed by atoms with Gasteiger partial charge in [0.15, 0.2) is 5.78 Å². The second kappa shape index (κ2) is 3.49. The molecule has 1 nitrogen and oxygen atoms in total. The molecule has 1 aliphatic carbocycles. The van der Waals surface area contributed by atoms with Crippen LogP contribution in [-0.2, 0) is 4.79 Å². The van der Waals surface area contributed by atoms with Crippen LogP contribution in [-0.4, -0.2) is 5.78 Å². The van der Waals surface area contributed by atoms with Gasteiger partial charge in [0.2, 0.25) is 0 Å². The van der Waals surface area contributed by atoms with Crippen LogP contribution < -0.4 is 0 Å². The Bertz CT molecular complexity index is 258. The summed E-state index contributed by atoms with van der Waals surface area (Å²) in [6.07, 6.45) is 5.54. The van der Waals surface area contributed by atoms with E-state index in [0.29, 0.717) is 0 Å². The van der Waals surface area contributed by atoms with Crippen molar-refractivity contribution in [2.45, 2.75) is 33.6 Å². The van der Waals surface area contributed by atoms with Gasteiger partial charge in [-0.3, -0.25) is 4.79 Å². The van der Waals surface area contributed by atoms with Crippen LogP contribution in [0.2, 0.25) is 0 Å². The first-order valence-corrected chi connectivity index (χ1v) is 4.78. The largest absolute Gasteiger partial charge is 0.295 e. The lowest BCUT2D eigenvalue weighted by Crippen LogP contribution is -2.25. The number of ketones is 1. The average Bonchev–Trinajstić information content (AvgIpc) is 1.95. The van der Waals surface area contributed by atoms with Crippen LogP contribution in [0.25, 0.3) is 0 Å². The molecule has 0 saturated heterocycles. The molecule has 0 aromatic heterocycles. The van der Waals surface area contributed by atoms with Crippen molar-refractivity contribution >= 4 is 5.78 Å². The fraction of sp³-hybridized carbons (Fsp3) is 0.583. The maximum absolute atomic E-state index is 11.5. The van der Waals surface area contributed by atoms with E-state index in [1.165, 1.54) is 0 Å². The molecule has 0 N–H and O–H groups in total. The highest BCUT2D eigenvalue weighted by molar-refractivity contribution is 5.92. The summed E-state index contributed by atoms with van der Waals surface area (Å²) in [6, 6.07) is 0. The Balaban J connectivity index is 2.72. The zero-order valence-electron chi connectivity index (χ0n) is 8.76. The lowest BCUT2D eigenvalue weighted by molar-refractivity contribution is -0.119. The topological polar surface area (TPSA) is 17.1 Å². The van der Waals surface area contributed by atoms with Gasteiger partial charge in [-0.2, -0.15) is 0 Å². The van der Waals surface area contributed by atoms with Crippen molar-refractivity contribution in [2.75, 3.05) is 0 Å². The molecule has 1 atom stereocenters. The van der Waals surface area contributed by atoms with E-state index < -0.39 is 0 Å². The summed E-state index contributed by atoms with van der Waals surface area (Å²) < 4.78 is 0. The fourth-order valence-corrected chi connectivity index (χ4v) is 1.84. The van der Waals surface area contributed by atoms with Gasteiger partial charge in [-0.25, -0.2) is 0 Å². The summed E-state index contributed by atoms with van der Waals surface area (Å²) in [5.41, 5.74) is 1.28. The molecule has 0 heterocycles. The Morgan fingerprint density at radius 1 is 1.69 bits per heavy atom. The molecule has 0 fully saturated rings. The SMILES string of the molecule is C=C(C)CC1CC(C)(C)C=CC1=O. The van der Waals surface area contributed by atoms with Gasteiger partial charge in [-0.1, -0.05) is 25.5 Å². The quantitative estimate of drug-likeness (QED) is 0.594. The van der Waals surface area contributed by atoms with Crippen LogP contribution in [0.1, 0.15) is 33.6 Å². The molecule has 13 heavy (non-hydrogen) atoms. The summed E-state index contributed by atoms with van der Waals surface area (Å²) in [5, 5.41) is 0. The molecule has 0 saturated carbocycles. The first-order chi connectivity index (χ1) is 5.91. The minimum Gasteiger partial charge on any atom is -0.295 e. The van der Waals surface area contributed by atoms with E-state index in [0.717, 1.165) is 18.4 Å². The number of hydrogen-bond acceptors (Lipinski definition) is 1. The molecule has 1 aliphatic rings. The van der Waals surface area contributed by atoms with Crippen LogP contribution in [0.5, 0.6) is 0 Å². The smallest absolute Gasteiger partial charge is 0.158 e. The van der Waals surface area contributed by atoms with Gasteiger partial charge in [-0.15, -0.1) is 6.58 Å². The van der Waals surface area contributed by atoms with Gasteiger partial charge in [-0.05, 0) is 31.3 Å². The monoisotopic (exact) mass is 178 g/mol. The molecule has 0 bridgehead atoms. The average molecular weight is 178 g/mol. The molecular weight excluding hydrogens is 160 g/mol. The van der Waals surface area contributed by atoms with E-state index in [1.807, 2.05) is 13.0 Å². The lowest BCUT2D eigenvalue weighted by Gasteiger charge is -2.29. The van der Waals surface area contributed by atoms with E-state index in [2.05, 4.69) is 20.4 Å². The number of carbonyl (C=O) groups is 1. The van der Waals surface area contributed by atoms with Crippen molar-refractivity contribution < 1.29 is 4.79 Å². The second-order valence-corrected chi connectivity index (χ2v) is 4.79. The van der Waals surface area contributed by atoms with Crippen molar-refractivity contribution in [1.82, 2.24) is 0 Å². The van der Waals surface area contributed by atoms with Crippen molar-refractivity contribution in [3.63, 3.8) is 0 Å². The van der Waals surface area contributed by atoms with Crippen LogP contribution in [0.15, 0.2) is 24.3 Å². The summed E-state index contributed by atoms with van der Waals surface area (Å²) in [4.78, 5) is 11.5. The molecule has 1 unspecified atom stereocenters. The van der Waals surface area contributed by atoms with Crippen molar-refractivity contribution in [3.8, 4) is 0 Å². The number of hydrogen-bond donors (Lipinski definition) is 0. The molecule has 1 heteroatoms. The number of rotatable bonds is 2. The predicted molar refractivity (Wildman–Crippen MR) is 55.5 cm³/mol. The third kappa shape index (κ3) is 2.83. The third-order valence-electron chi connectivity index (χ3n) is 2.47. The van der Waals surface area contributed by atoms with Gasteiger partial charge in [0.05, 0.1) is 0 Å². The highest BCUT2D eigenvalue weighted by Gasteiger charge is 2.28. The van der Waals surface area contributed by atoms with E-state index >= 15 is 0 Å². The molecule has 0 amide bonds. The van der Waals surface area contributed by atoms with Gasteiger partial charge in [0.1, 0.15) is 0 Å². The molecule has 0 spiro atoms. The standard InChI is InChI=1S/C12H18O/c1-9(2)7-10-8-12(3,4)6-5-11(10)13/h5-6,10H,1,7-8H2,2-4H3. The number of carbonyl (C=O) groups excluding carboxylic acids is 1. The maximum atomic E-state index is 11.5. The van der Waals surface area contributed by atoms with Gasteiger partial charge < -0.3 is 0 Å². The highest BCUT2D eigenvalue weighted by Crippen LogP contribution is 2.34. The van der Waals surface area contributed by atoms with Gasteiger partial charge in [0.25, 0.3) is 0 Å². The molecular formula is C12H18O. The van der Waals surface area contributed by atoms with Gasteiger partial charge in [0, 0.05) is 5.92 Å². The Hall–Kier alpha value is -0.850. The Kier molecular flexibility index (Phi) is 2.74. The maximum Gasteiger partial charge on any atom is 0.158 e. The highest BCUT2D eigenvalue weighted by atomic mass is 16.1. The molecule has 0 radical (unpaired) electrons. The third-order valence-corrected chi connectivity index (χ3v) is 2.47. The van der Waals surface area contributed by atoms with Crippen LogP contribution >= 0.6 is 0 Å². The van der Waals surface area contributed by atoms with Crippen LogP contribution in [0.3, 0.4) is 0 Å². The second-order valence-electron chi connectivity index (χ2n) is 4.79. The number of allylic oxidation sites excluding steroid dienone is 3. The first-order valence-electron chi connectivity index (χ1n) is 4.78. The predicted octanol–water partition coefficient (Wildman–Crippen LogP) is 3.12. The molecule has 1 rings (SSSR count). The lowest BCUT2D eigenvalue weighted by atomic mass is 9.74. The molecule has 72 valence electrons. The Morgan fingerprint density at radius 2 is 2.31 bits per heavy atom. The Morgan fingerprint density at radius 3 is 2.85 bits per heavy atom. The van der Waals surface area contributed by atoms with E-state index in [4.69, 9.17) is 0 Å². The van der Waals surface area contributed by atoms with E-state index in [9.17, 15) is 4.79 Å². The zero-order valence-corrected chi connectivity index (χ0v) is 8.76. The molecule has 0 aliphatic heterocycles. The zero-order chi connectivity index (χ0) is 10.1. The van der Waals surface area contributed by atoms with E-state index in [1.54, 1.807) is 6.08 Å². The molecule has 0 aromatic carbocycles. The normalized spacial score (nSPS) is 26.1. The summed E-state index contributed by atoms with van der Waals surface area (Å²) in [5.74, 6) is 0.430. The molecule has 0 aromatic rings. The van der Waals surface area contributed by atoms with Crippen LogP contribution in [0.4, 0.5) is 0 Å². The van der Waals surface area contributed by atoms with Crippen molar-refractivity contribution in [3.05, 3.63) is 24.3 Å². The van der Waals surface area contributed by atoms with Crippen molar-refractivity contribution in [2.24, 2.45) is 11.3 Å². The summed E-state index contributed by atoms with van der Waals surface area (Å²) >= 11 is 0. The first kappa shape index (κ1) is 10.2. The minimum absolute atomic E-state index is 0.164.